The summed E-state index contributed by atoms with van der Waals surface area (Å²) in [5, 5.41) is 5.92. The molecule has 6 heteroatoms. The highest BCUT2D eigenvalue weighted by Crippen LogP contribution is 2.28. The van der Waals surface area contributed by atoms with E-state index in [0.717, 1.165) is 17.9 Å². The fourth-order valence-electron chi connectivity index (χ4n) is 2.28. The molecule has 0 aliphatic heterocycles. The molecule has 6 nitrogen and oxygen atoms in total. The molecular formula is C20H26N2O4. The van der Waals surface area contributed by atoms with E-state index in [1.807, 2.05) is 31.2 Å². The molecule has 2 rings (SSSR count). The maximum atomic E-state index is 12.3. The molecule has 0 aromatic heterocycles. The minimum atomic E-state index is -0.190. The quantitative estimate of drug-likeness (QED) is 0.711. The molecule has 0 saturated carbocycles. The number of carbonyl (C=O) groups is 1. The number of ether oxygens (including phenoxy) is 3. The molecule has 2 N–H and O–H groups in total. The Morgan fingerprint density at radius 1 is 1.08 bits per heavy atom. The van der Waals surface area contributed by atoms with Crippen molar-refractivity contribution in [3.05, 3.63) is 42.5 Å². The van der Waals surface area contributed by atoms with Crippen molar-refractivity contribution in [3.8, 4) is 17.2 Å². The second-order valence-electron chi connectivity index (χ2n) is 5.83. The van der Waals surface area contributed by atoms with Crippen LogP contribution in [0, 0.1) is 0 Å². The SMILES string of the molecule is CCC(C)Oc1cccc(NCC(=O)Nc2cc(OC)ccc2OC)c1. The molecule has 140 valence electrons. The van der Waals surface area contributed by atoms with E-state index >= 15 is 0 Å². The molecular weight excluding hydrogens is 332 g/mol. The third-order valence-electron chi connectivity index (χ3n) is 3.88. The van der Waals surface area contributed by atoms with E-state index in [4.69, 9.17) is 14.2 Å². The summed E-state index contributed by atoms with van der Waals surface area (Å²) in [5.41, 5.74) is 1.38. The highest BCUT2D eigenvalue weighted by Gasteiger charge is 2.09. The lowest BCUT2D eigenvalue weighted by Gasteiger charge is -2.14. The summed E-state index contributed by atoms with van der Waals surface area (Å²) >= 11 is 0. The normalized spacial score (nSPS) is 11.4. The van der Waals surface area contributed by atoms with Gasteiger partial charge in [-0.05, 0) is 37.6 Å². The van der Waals surface area contributed by atoms with Gasteiger partial charge in [-0.15, -0.1) is 0 Å². The van der Waals surface area contributed by atoms with Crippen LogP contribution in [0.25, 0.3) is 0 Å². The van der Waals surface area contributed by atoms with Crippen molar-refractivity contribution in [2.45, 2.75) is 26.4 Å². The summed E-state index contributed by atoms with van der Waals surface area (Å²) in [4.78, 5) is 12.3. The Morgan fingerprint density at radius 3 is 2.58 bits per heavy atom. The Morgan fingerprint density at radius 2 is 1.88 bits per heavy atom. The Bertz CT molecular complexity index is 734. The van der Waals surface area contributed by atoms with Gasteiger partial charge in [-0.25, -0.2) is 0 Å². The first-order valence-corrected chi connectivity index (χ1v) is 8.58. The van der Waals surface area contributed by atoms with Gasteiger partial charge in [0, 0.05) is 17.8 Å². The first-order valence-electron chi connectivity index (χ1n) is 8.58. The standard InChI is InChI=1S/C20H26N2O4/c1-5-14(2)26-17-8-6-7-15(11-17)21-13-20(23)22-18-12-16(24-3)9-10-19(18)25-4/h6-12,14,21H,5,13H2,1-4H3,(H,22,23). The Labute approximate surface area is 154 Å². The second kappa shape index (κ2) is 9.56. The lowest BCUT2D eigenvalue weighted by molar-refractivity contribution is -0.114. The van der Waals surface area contributed by atoms with Gasteiger partial charge in [-0.1, -0.05) is 13.0 Å². The Balaban J connectivity index is 1.96. The zero-order valence-corrected chi connectivity index (χ0v) is 15.7. The van der Waals surface area contributed by atoms with Crippen LogP contribution in [-0.4, -0.2) is 32.8 Å². The van der Waals surface area contributed by atoms with E-state index in [1.54, 1.807) is 32.4 Å². The predicted octanol–water partition coefficient (Wildman–Crippen LogP) is 3.93. The van der Waals surface area contributed by atoms with Crippen molar-refractivity contribution in [2.24, 2.45) is 0 Å². The van der Waals surface area contributed by atoms with E-state index in [0.29, 0.717) is 17.2 Å². The number of methoxy groups -OCH3 is 2. The van der Waals surface area contributed by atoms with E-state index in [-0.39, 0.29) is 18.6 Å². The summed E-state index contributed by atoms with van der Waals surface area (Å²) in [5.74, 6) is 1.80. The summed E-state index contributed by atoms with van der Waals surface area (Å²) in [7, 11) is 3.13. The van der Waals surface area contributed by atoms with Crippen molar-refractivity contribution in [3.63, 3.8) is 0 Å². The molecule has 26 heavy (non-hydrogen) atoms. The molecule has 0 fully saturated rings. The summed E-state index contributed by atoms with van der Waals surface area (Å²) in [6, 6.07) is 12.8. The van der Waals surface area contributed by atoms with Crippen molar-refractivity contribution < 1.29 is 19.0 Å². The van der Waals surface area contributed by atoms with Gasteiger partial charge in [0.1, 0.15) is 17.2 Å². The molecule has 0 bridgehead atoms. The van der Waals surface area contributed by atoms with E-state index in [1.165, 1.54) is 0 Å². The van der Waals surface area contributed by atoms with Gasteiger partial charge < -0.3 is 24.8 Å². The maximum absolute atomic E-state index is 12.3. The smallest absolute Gasteiger partial charge is 0.243 e. The molecule has 2 aromatic rings. The van der Waals surface area contributed by atoms with Crippen LogP contribution in [-0.2, 0) is 4.79 Å². The van der Waals surface area contributed by atoms with E-state index in [2.05, 4.69) is 17.6 Å². The van der Waals surface area contributed by atoms with Crippen LogP contribution in [0.5, 0.6) is 17.2 Å². The number of hydrogen-bond donors (Lipinski definition) is 2. The van der Waals surface area contributed by atoms with Crippen LogP contribution in [0.2, 0.25) is 0 Å². The molecule has 1 atom stereocenters. The molecule has 2 aromatic carbocycles. The zero-order chi connectivity index (χ0) is 18.9. The minimum absolute atomic E-state index is 0.118. The monoisotopic (exact) mass is 358 g/mol. The largest absolute Gasteiger partial charge is 0.497 e. The zero-order valence-electron chi connectivity index (χ0n) is 15.7. The van der Waals surface area contributed by atoms with Gasteiger partial charge >= 0.3 is 0 Å². The molecule has 1 amide bonds. The lowest BCUT2D eigenvalue weighted by atomic mass is 10.2. The molecule has 0 aliphatic carbocycles. The summed E-state index contributed by atoms with van der Waals surface area (Å²) in [6.45, 7) is 4.21. The van der Waals surface area contributed by atoms with E-state index in [9.17, 15) is 4.79 Å². The van der Waals surface area contributed by atoms with Gasteiger partial charge in [0.05, 0.1) is 32.6 Å². The molecule has 0 heterocycles. The van der Waals surface area contributed by atoms with Gasteiger partial charge in [0.2, 0.25) is 5.91 Å². The fourth-order valence-corrected chi connectivity index (χ4v) is 2.28. The summed E-state index contributed by atoms with van der Waals surface area (Å²) in [6.07, 6.45) is 1.08. The van der Waals surface area contributed by atoms with Gasteiger partial charge in [0.15, 0.2) is 0 Å². The third-order valence-corrected chi connectivity index (χ3v) is 3.88. The third kappa shape index (κ3) is 5.58. The highest BCUT2D eigenvalue weighted by molar-refractivity contribution is 5.95. The van der Waals surface area contributed by atoms with Crippen molar-refractivity contribution in [1.29, 1.82) is 0 Å². The Kier molecular flexibility index (Phi) is 7.14. The van der Waals surface area contributed by atoms with Crippen LogP contribution in [0.4, 0.5) is 11.4 Å². The first-order chi connectivity index (χ1) is 12.5. The molecule has 0 radical (unpaired) electrons. The van der Waals surface area contributed by atoms with Crippen LogP contribution < -0.4 is 24.8 Å². The average Bonchev–Trinajstić information content (AvgIpc) is 2.66. The van der Waals surface area contributed by atoms with Gasteiger partial charge in [-0.3, -0.25) is 4.79 Å². The number of nitrogens with one attached hydrogen (secondary N) is 2. The number of amides is 1. The van der Waals surface area contributed by atoms with Crippen molar-refractivity contribution in [2.75, 3.05) is 31.4 Å². The topological polar surface area (TPSA) is 68.8 Å². The lowest BCUT2D eigenvalue weighted by Crippen LogP contribution is -2.22. The van der Waals surface area contributed by atoms with Crippen molar-refractivity contribution in [1.82, 2.24) is 0 Å². The van der Waals surface area contributed by atoms with Crippen molar-refractivity contribution >= 4 is 17.3 Å². The molecule has 0 aliphatic rings. The number of anilines is 2. The van der Waals surface area contributed by atoms with Gasteiger partial charge in [-0.2, -0.15) is 0 Å². The Hall–Kier alpha value is -2.89. The highest BCUT2D eigenvalue weighted by atomic mass is 16.5. The van der Waals surface area contributed by atoms with Crippen LogP contribution >= 0.6 is 0 Å². The maximum Gasteiger partial charge on any atom is 0.243 e. The first kappa shape index (κ1) is 19.4. The molecule has 0 saturated heterocycles. The predicted molar refractivity (Wildman–Crippen MR) is 103 cm³/mol. The molecule has 0 spiro atoms. The van der Waals surface area contributed by atoms with Gasteiger partial charge in [0.25, 0.3) is 0 Å². The number of benzene rings is 2. The molecule has 1 unspecified atom stereocenters. The number of hydrogen-bond acceptors (Lipinski definition) is 5. The van der Waals surface area contributed by atoms with E-state index < -0.39 is 0 Å². The number of carbonyl (C=O) groups excluding carboxylic acids is 1. The second-order valence-corrected chi connectivity index (χ2v) is 5.83. The van der Waals surface area contributed by atoms with Crippen LogP contribution in [0.15, 0.2) is 42.5 Å². The summed E-state index contributed by atoms with van der Waals surface area (Å²) < 4.78 is 16.2. The van der Waals surface area contributed by atoms with Crippen LogP contribution in [0.1, 0.15) is 20.3 Å². The number of rotatable bonds is 9. The van der Waals surface area contributed by atoms with Crippen LogP contribution in [0.3, 0.4) is 0 Å². The minimum Gasteiger partial charge on any atom is -0.497 e. The fraction of sp³-hybridized carbons (Fsp3) is 0.350. The average molecular weight is 358 g/mol.